The van der Waals surface area contributed by atoms with Crippen molar-refractivity contribution in [1.29, 1.82) is 0 Å². The first-order valence-electron chi connectivity index (χ1n) is 5.94. The van der Waals surface area contributed by atoms with E-state index in [9.17, 15) is 8.78 Å². The van der Waals surface area contributed by atoms with Crippen LogP contribution in [0.3, 0.4) is 0 Å². The molecule has 0 aliphatic carbocycles. The Morgan fingerprint density at radius 1 is 1.22 bits per heavy atom. The van der Waals surface area contributed by atoms with Crippen LogP contribution in [0.25, 0.3) is 0 Å². The molecule has 1 N–H and O–H groups in total. The summed E-state index contributed by atoms with van der Waals surface area (Å²) in [4.78, 5) is 0. The number of hydrogen-bond donors (Lipinski definition) is 1. The van der Waals surface area contributed by atoms with Crippen molar-refractivity contribution in [2.24, 2.45) is 0 Å². The Morgan fingerprint density at radius 2 is 1.94 bits per heavy atom. The molecule has 3 nitrogen and oxygen atoms in total. The van der Waals surface area contributed by atoms with Crippen molar-refractivity contribution in [3.05, 3.63) is 29.8 Å². The summed E-state index contributed by atoms with van der Waals surface area (Å²) < 4.78 is 34.1. The van der Waals surface area contributed by atoms with Gasteiger partial charge in [-0.3, -0.25) is 0 Å². The SMILES string of the molecule is CC(C)OCCNCc1ccccc1OC(F)F. The molecule has 1 aromatic carbocycles. The monoisotopic (exact) mass is 259 g/mol. The summed E-state index contributed by atoms with van der Waals surface area (Å²) in [5.74, 6) is 0.213. The molecule has 0 spiro atoms. The van der Waals surface area contributed by atoms with E-state index in [1.165, 1.54) is 6.07 Å². The van der Waals surface area contributed by atoms with Gasteiger partial charge in [0.1, 0.15) is 5.75 Å². The molecule has 1 rings (SSSR count). The second-order valence-corrected chi connectivity index (χ2v) is 4.08. The zero-order valence-electron chi connectivity index (χ0n) is 10.7. The lowest BCUT2D eigenvalue weighted by Crippen LogP contribution is -2.21. The molecule has 5 heteroatoms. The van der Waals surface area contributed by atoms with E-state index in [1.54, 1.807) is 18.2 Å². The van der Waals surface area contributed by atoms with Gasteiger partial charge in [0, 0.05) is 18.7 Å². The molecule has 0 fully saturated rings. The van der Waals surface area contributed by atoms with E-state index < -0.39 is 6.61 Å². The van der Waals surface area contributed by atoms with Gasteiger partial charge in [0.15, 0.2) is 0 Å². The van der Waals surface area contributed by atoms with Crippen molar-refractivity contribution in [3.8, 4) is 5.75 Å². The highest BCUT2D eigenvalue weighted by Crippen LogP contribution is 2.19. The van der Waals surface area contributed by atoms with Crippen molar-refractivity contribution in [3.63, 3.8) is 0 Å². The van der Waals surface area contributed by atoms with Crippen molar-refractivity contribution in [1.82, 2.24) is 5.32 Å². The normalized spacial score (nSPS) is 11.2. The minimum absolute atomic E-state index is 0.196. The summed E-state index contributed by atoms with van der Waals surface area (Å²) >= 11 is 0. The summed E-state index contributed by atoms with van der Waals surface area (Å²) in [7, 11) is 0. The predicted molar refractivity (Wildman–Crippen MR) is 65.9 cm³/mol. The highest BCUT2D eigenvalue weighted by Gasteiger charge is 2.08. The predicted octanol–water partition coefficient (Wildman–Crippen LogP) is 2.80. The van der Waals surface area contributed by atoms with Gasteiger partial charge < -0.3 is 14.8 Å². The van der Waals surface area contributed by atoms with Crippen LogP contribution >= 0.6 is 0 Å². The number of benzene rings is 1. The number of nitrogens with one attached hydrogen (secondary N) is 1. The van der Waals surface area contributed by atoms with Crippen LogP contribution in [-0.4, -0.2) is 25.9 Å². The van der Waals surface area contributed by atoms with Gasteiger partial charge in [0.05, 0.1) is 12.7 Å². The average Bonchev–Trinajstić information content (AvgIpc) is 2.29. The fourth-order valence-electron chi connectivity index (χ4n) is 1.45. The van der Waals surface area contributed by atoms with E-state index in [0.717, 1.165) is 0 Å². The number of alkyl halides is 2. The zero-order chi connectivity index (χ0) is 13.4. The molecule has 0 heterocycles. The number of halogens is 2. The van der Waals surface area contributed by atoms with Gasteiger partial charge in [-0.25, -0.2) is 0 Å². The molecule has 0 aliphatic rings. The number of rotatable bonds is 8. The molecule has 0 saturated carbocycles. The Morgan fingerprint density at radius 3 is 2.61 bits per heavy atom. The Hall–Kier alpha value is -1.20. The fraction of sp³-hybridized carbons (Fsp3) is 0.538. The Kier molecular flexibility index (Phi) is 6.60. The summed E-state index contributed by atoms with van der Waals surface area (Å²) in [6.45, 7) is 2.87. The fourth-order valence-corrected chi connectivity index (χ4v) is 1.45. The first-order chi connectivity index (χ1) is 8.59. The largest absolute Gasteiger partial charge is 0.434 e. The Bertz CT molecular complexity index is 346. The van der Waals surface area contributed by atoms with Gasteiger partial charge >= 0.3 is 6.61 Å². The van der Waals surface area contributed by atoms with Crippen LogP contribution in [0.5, 0.6) is 5.75 Å². The molecule has 0 aromatic heterocycles. The molecular formula is C13H19F2NO2. The van der Waals surface area contributed by atoms with Gasteiger partial charge in [-0.05, 0) is 19.9 Å². The van der Waals surface area contributed by atoms with E-state index in [1.807, 2.05) is 13.8 Å². The molecular weight excluding hydrogens is 240 g/mol. The van der Waals surface area contributed by atoms with E-state index in [2.05, 4.69) is 10.1 Å². The molecule has 0 aliphatic heterocycles. The average molecular weight is 259 g/mol. The zero-order valence-corrected chi connectivity index (χ0v) is 10.7. The highest BCUT2D eigenvalue weighted by molar-refractivity contribution is 5.33. The summed E-state index contributed by atoms with van der Waals surface area (Å²) in [5.41, 5.74) is 0.711. The summed E-state index contributed by atoms with van der Waals surface area (Å²) in [6.07, 6.45) is 0.196. The third kappa shape index (κ3) is 5.93. The van der Waals surface area contributed by atoms with Crippen molar-refractivity contribution < 1.29 is 18.3 Å². The maximum Gasteiger partial charge on any atom is 0.387 e. The molecule has 0 unspecified atom stereocenters. The van der Waals surface area contributed by atoms with Crippen LogP contribution in [0, 0.1) is 0 Å². The minimum atomic E-state index is -2.80. The maximum absolute atomic E-state index is 12.2. The van der Waals surface area contributed by atoms with Crippen molar-refractivity contribution in [2.45, 2.75) is 33.1 Å². The van der Waals surface area contributed by atoms with Gasteiger partial charge in [0.25, 0.3) is 0 Å². The molecule has 102 valence electrons. The number of para-hydroxylation sites is 1. The van der Waals surface area contributed by atoms with Crippen molar-refractivity contribution in [2.75, 3.05) is 13.2 Å². The number of hydrogen-bond acceptors (Lipinski definition) is 3. The summed E-state index contributed by atoms with van der Waals surface area (Å²) in [6, 6.07) is 6.75. The maximum atomic E-state index is 12.2. The smallest absolute Gasteiger partial charge is 0.387 e. The molecule has 0 atom stereocenters. The lowest BCUT2D eigenvalue weighted by Gasteiger charge is -2.12. The first-order valence-corrected chi connectivity index (χ1v) is 5.94. The van der Waals surface area contributed by atoms with Gasteiger partial charge in [-0.1, -0.05) is 18.2 Å². The van der Waals surface area contributed by atoms with Crippen LogP contribution in [0.2, 0.25) is 0 Å². The van der Waals surface area contributed by atoms with Crippen LogP contribution in [0.15, 0.2) is 24.3 Å². The van der Waals surface area contributed by atoms with E-state index in [-0.39, 0.29) is 11.9 Å². The molecule has 0 saturated heterocycles. The van der Waals surface area contributed by atoms with Crippen LogP contribution in [-0.2, 0) is 11.3 Å². The van der Waals surface area contributed by atoms with Gasteiger partial charge in [-0.15, -0.1) is 0 Å². The van der Waals surface area contributed by atoms with Crippen LogP contribution in [0.1, 0.15) is 19.4 Å². The third-order valence-corrected chi connectivity index (χ3v) is 2.23. The topological polar surface area (TPSA) is 30.5 Å². The van der Waals surface area contributed by atoms with E-state index in [4.69, 9.17) is 4.74 Å². The standard InChI is InChI=1S/C13H19F2NO2/c1-10(2)17-8-7-16-9-11-5-3-4-6-12(11)18-13(14)15/h3-6,10,13,16H,7-9H2,1-2H3. The quantitative estimate of drug-likeness (QED) is 0.728. The second kappa shape index (κ2) is 8.00. The van der Waals surface area contributed by atoms with E-state index >= 15 is 0 Å². The third-order valence-electron chi connectivity index (χ3n) is 2.23. The first kappa shape index (κ1) is 14.9. The minimum Gasteiger partial charge on any atom is -0.434 e. The molecule has 1 aromatic rings. The highest BCUT2D eigenvalue weighted by atomic mass is 19.3. The lowest BCUT2D eigenvalue weighted by atomic mass is 10.2. The molecule has 0 radical (unpaired) electrons. The molecule has 0 amide bonds. The Labute approximate surface area is 106 Å². The van der Waals surface area contributed by atoms with Crippen LogP contribution in [0.4, 0.5) is 8.78 Å². The molecule has 18 heavy (non-hydrogen) atoms. The second-order valence-electron chi connectivity index (χ2n) is 4.08. The summed E-state index contributed by atoms with van der Waals surface area (Å²) in [5, 5.41) is 3.12. The lowest BCUT2D eigenvalue weighted by molar-refractivity contribution is -0.0505. The van der Waals surface area contributed by atoms with Gasteiger partial charge in [0.2, 0.25) is 0 Å². The van der Waals surface area contributed by atoms with Crippen molar-refractivity contribution >= 4 is 0 Å². The Balaban J connectivity index is 2.37. The van der Waals surface area contributed by atoms with Crippen LogP contribution < -0.4 is 10.1 Å². The van der Waals surface area contributed by atoms with Gasteiger partial charge in [-0.2, -0.15) is 8.78 Å². The number of ether oxygens (including phenoxy) is 2. The van der Waals surface area contributed by atoms with E-state index in [0.29, 0.717) is 25.3 Å². The molecule has 0 bridgehead atoms.